The molecule has 31 heavy (non-hydrogen) atoms. The van der Waals surface area contributed by atoms with Crippen molar-refractivity contribution in [1.29, 1.82) is 0 Å². The third-order valence-electron chi connectivity index (χ3n) is 5.78. The van der Waals surface area contributed by atoms with Crippen molar-refractivity contribution in [3.63, 3.8) is 0 Å². The van der Waals surface area contributed by atoms with Crippen LogP contribution in [-0.4, -0.2) is 57.1 Å². The van der Waals surface area contributed by atoms with Gasteiger partial charge in [-0.2, -0.15) is 0 Å². The monoisotopic (exact) mass is 425 g/mol. The predicted octanol–water partition coefficient (Wildman–Crippen LogP) is 1.88. The minimum atomic E-state index is 0.793. The summed E-state index contributed by atoms with van der Waals surface area (Å²) in [6.45, 7) is 11.7. The first-order valence-corrected chi connectivity index (χ1v) is 11.6. The van der Waals surface area contributed by atoms with Gasteiger partial charge in [0, 0.05) is 30.9 Å². The number of anilines is 3. The van der Waals surface area contributed by atoms with E-state index < -0.39 is 0 Å². The average molecular weight is 426 g/mol. The van der Waals surface area contributed by atoms with Crippen molar-refractivity contribution >= 4 is 34.9 Å². The highest BCUT2D eigenvalue weighted by Gasteiger charge is 2.25. The Morgan fingerprint density at radius 3 is 1.45 bits per heavy atom. The molecule has 0 spiro atoms. The van der Waals surface area contributed by atoms with E-state index in [0.29, 0.717) is 0 Å². The summed E-state index contributed by atoms with van der Waals surface area (Å²) in [6.07, 6.45) is 3.85. The number of aliphatic imine (C=N–C) groups is 3. The largest absolute Gasteiger partial charge is 0.354 e. The smallest absolute Gasteiger partial charge is 0.195 e. The van der Waals surface area contributed by atoms with Crippen molar-refractivity contribution in [2.45, 2.75) is 46.5 Å². The van der Waals surface area contributed by atoms with Gasteiger partial charge in [-0.15, -0.1) is 0 Å². The Morgan fingerprint density at radius 2 is 1.06 bits per heavy atom. The first-order chi connectivity index (χ1) is 15.2. The molecule has 0 saturated carbocycles. The zero-order valence-corrected chi connectivity index (χ0v) is 18.9. The van der Waals surface area contributed by atoms with Crippen molar-refractivity contribution < 1.29 is 0 Å². The summed E-state index contributed by atoms with van der Waals surface area (Å²) in [7, 11) is 0. The highest BCUT2D eigenvalue weighted by molar-refractivity contribution is 6.07. The fourth-order valence-corrected chi connectivity index (χ4v) is 4.41. The minimum absolute atomic E-state index is 0.793. The lowest BCUT2D eigenvalue weighted by atomic mass is 9.90. The molecule has 0 amide bonds. The first kappa shape index (κ1) is 21.3. The fraction of sp³-hybridized carbons (Fsp3) is 0.591. The quantitative estimate of drug-likeness (QED) is 0.398. The molecule has 0 aliphatic carbocycles. The van der Waals surface area contributed by atoms with Crippen LogP contribution in [0.15, 0.2) is 15.0 Å². The molecule has 9 heteroatoms. The van der Waals surface area contributed by atoms with Gasteiger partial charge in [0.1, 0.15) is 0 Å². The lowest BCUT2D eigenvalue weighted by molar-refractivity contribution is 0.899. The standard InChI is InChI=1S/C22H35N9/c1-4-7-16-14(5-2)17(29-20-23-8-9-24-20)15(6-3)18(30-21-25-10-11-26-21)19(16)31-22-27-12-13-28-22/h4-13H2,1-3H3,(H2,23,24,29)(H2,25,26,30)(H2,27,28,31). The summed E-state index contributed by atoms with van der Waals surface area (Å²) in [5.41, 5.74) is 7.21. The number of benzene rings is 1. The van der Waals surface area contributed by atoms with Crippen molar-refractivity contribution in [3.8, 4) is 0 Å². The molecule has 1 aromatic rings. The second-order valence-electron chi connectivity index (χ2n) is 7.86. The Labute approximate surface area is 184 Å². The molecule has 1 aromatic carbocycles. The maximum absolute atomic E-state index is 4.60. The van der Waals surface area contributed by atoms with E-state index >= 15 is 0 Å². The molecule has 3 aliphatic rings. The van der Waals surface area contributed by atoms with Gasteiger partial charge in [-0.25, -0.2) is 0 Å². The Morgan fingerprint density at radius 1 is 0.613 bits per heavy atom. The molecular formula is C22H35N9. The van der Waals surface area contributed by atoms with Crippen LogP contribution < -0.4 is 31.9 Å². The van der Waals surface area contributed by atoms with Crippen LogP contribution in [0.5, 0.6) is 0 Å². The average Bonchev–Trinajstić information content (AvgIpc) is 3.55. The second kappa shape index (κ2) is 9.89. The number of nitrogens with one attached hydrogen (secondary N) is 6. The van der Waals surface area contributed by atoms with E-state index in [1.165, 1.54) is 16.7 Å². The number of nitrogens with zero attached hydrogens (tertiary/aromatic N) is 3. The van der Waals surface area contributed by atoms with E-state index in [1.54, 1.807) is 0 Å². The van der Waals surface area contributed by atoms with E-state index in [4.69, 9.17) is 0 Å². The molecule has 0 fully saturated rings. The Bertz CT molecular complexity index is 901. The lowest BCUT2D eigenvalue weighted by Gasteiger charge is -2.27. The van der Waals surface area contributed by atoms with Gasteiger partial charge < -0.3 is 31.9 Å². The highest BCUT2D eigenvalue weighted by Crippen LogP contribution is 2.41. The van der Waals surface area contributed by atoms with Crippen LogP contribution in [0.25, 0.3) is 0 Å². The molecule has 168 valence electrons. The zero-order chi connectivity index (χ0) is 21.6. The van der Waals surface area contributed by atoms with Crippen LogP contribution in [-0.2, 0) is 19.3 Å². The van der Waals surface area contributed by atoms with Gasteiger partial charge in [-0.3, -0.25) is 15.0 Å². The fourth-order valence-electron chi connectivity index (χ4n) is 4.41. The second-order valence-corrected chi connectivity index (χ2v) is 7.86. The minimum Gasteiger partial charge on any atom is -0.354 e. The van der Waals surface area contributed by atoms with Crippen molar-refractivity contribution in [1.82, 2.24) is 16.0 Å². The third kappa shape index (κ3) is 4.55. The van der Waals surface area contributed by atoms with E-state index in [0.717, 1.165) is 99.9 Å². The lowest BCUT2D eigenvalue weighted by Crippen LogP contribution is -2.32. The molecule has 0 aromatic heterocycles. The maximum Gasteiger partial charge on any atom is 0.195 e. The highest BCUT2D eigenvalue weighted by atomic mass is 15.3. The van der Waals surface area contributed by atoms with Crippen LogP contribution in [0.4, 0.5) is 17.1 Å². The summed E-state index contributed by atoms with van der Waals surface area (Å²) >= 11 is 0. The van der Waals surface area contributed by atoms with Gasteiger partial charge in [0.2, 0.25) is 0 Å². The van der Waals surface area contributed by atoms with Gasteiger partial charge in [-0.05, 0) is 30.4 Å². The molecule has 0 radical (unpaired) electrons. The van der Waals surface area contributed by atoms with Crippen molar-refractivity contribution in [3.05, 3.63) is 16.7 Å². The Kier molecular flexibility index (Phi) is 6.79. The molecule has 0 saturated heterocycles. The molecule has 3 aliphatic heterocycles. The van der Waals surface area contributed by atoms with Crippen LogP contribution in [0.1, 0.15) is 43.9 Å². The van der Waals surface area contributed by atoms with E-state index in [1.807, 2.05) is 0 Å². The molecule has 0 bridgehead atoms. The molecule has 4 rings (SSSR count). The summed E-state index contributed by atoms with van der Waals surface area (Å²) in [5, 5.41) is 21.0. The van der Waals surface area contributed by atoms with E-state index in [2.05, 4.69) is 67.6 Å². The van der Waals surface area contributed by atoms with Gasteiger partial charge >= 0.3 is 0 Å². The van der Waals surface area contributed by atoms with Gasteiger partial charge in [0.05, 0.1) is 31.0 Å². The number of hydrogen-bond donors (Lipinski definition) is 6. The zero-order valence-electron chi connectivity index (χ0n) is 18.9. The predicted molar refractivity (Wildman–Crippen MR) is 131 cm³/mol. The molecule has 6 N–H and O–H groups in total. The van der Waals surface area contributed by atoms with Gasteiger partial charge in [0.15, 0.2) is 17.9 Å². The molecule has 9 nitrogen and oxygen atoms in total. The summed E-state index contributed by atoms with van der Waals surface area (Å²) in [4.78, 5) is 13.8. The molecular weight excluding hydrogens is 390 g/mol. The van der Waals surface area contributed by atoms with E-state index in [9.17, 15) is 0 Å². The molecule has 0 unspecified atom stereocenters. The Hall–Kier alpha value is -2.97. The summed E-state index contributed by atoms with van der Waals surface area (Å²) in [5.74, 6) is 2.53. The number of rotatable bonds is 7. The summed E-state index contributed by atoms with van der Waals surface area (Å²) < 4.78 is 0. The molecule has 3 heterocycles. The topological polar surface area (TPSA) is 109 Å². The first-order valence-electron chi connectivity index (χ1n) is 11.6. The van der Waals surface area contributed by atoms with Crippen LogP contribution in [0, 0.1) is 0 Å². The number of hydrogen-bond acceptors (Lipinski definition) is 9. The van der Waals surface area contributed by atoms with Crippen LogP contribution >= 0.6 is 0 Å². The van der Waals surface area contributed by atoms with Crippen LogP contribution in [0.2, 0.25) is 0 Å². The van der Waals surface area contributed by atoms with Crippen molar-refractivity contribution in [2.75, 3.05) is 55.2 Å². The maximum atomic E-state index is 4.60. The van der Waals surface area contributed by atoms with Gasteiger partial charge in [0.25, 0.3) is 0 Å². The number of guanidine groups is 3. The van der Waals surface area contributed by atoms with E-state index in [-0.39, 0.29) is 0 Å². The van der Waals surface area contributed by atoms with Gasteiger partial charge in [-0.1, -0.05) is 27.2 Å². The SMILES string of the molecule is CCCc1c(CC)c(NC2=NCCN2)c(CC)c(NC2=NCCN2)c1NC1=NCCN1. The Balaban J connectivity index is 1.88. The normalized spacial score (nSPS) is 17.3. The van der Waals surface area contributed by atoms with Crippen LogP contribution in [0.3, 0.4) is 0 Å². The van der Waals surface area contributed by atoms with Crippen molar-refractivity contribution in [2.24, 2.45) is 15.0 Å². The molecule has 0 atom stereocenters. The summed E-state index contributed by atoms with van der Waals surface area (Å²) in [6, 6.07) is 0. The third-order valence-corrected chi connectivity index (χ3v) is 5.78.